The molecule has 120 valence electrons. The van der Waals surface area contributed by atoms with Gasteiger partial charge in [-0.2, -0.15) is 0 Å². The van der Waals surface area contributed by atoms with Gasteiger partial charge in [-0.05, 0) is 44.1 Å². The number of benzene rings is 1. The van der Waals surface area contributed by atoms with Crippen LogP contribution in [-0.2, 0) is 0 Å². The van der Waals surface area contributed by atoms with E-state index in [1.54, 1.807) is 0 Å². The van der Waals surface area contributed by atoms with E-state index in [4.69, 9.17) is 4.98 Å². The largest absolute Gasteiger partial charge is 0.255 e. The van der Waals surface area contributed by atoms with E-state index in [1.807, 2.05) is 30.5 Å². The fraction of sp³-hybridized carbons (Fsp3) is 0.136. The number of pyridine rings is 1. The highest BCUT2D eigenvalue weighted by atomic mass is 32.1. The first-order valence-electron chi connectivity index (χ1n) is 8.07. The van der Waals surface area contributed by atoms with Crippen molar-refractivity contribution >= 4 is 37.1 Å². The average Bonchev–Trinajstić information content (AvgIpc) is 2.95. The van der Waals surface area contributed by atoms with Crippen molar-refractivity contribution in [2.75, 3.05) is 0 Å². The van der Waals surface area contributed by atoms with E-state index in [0.717, 1.165) is 5.69 Å². The van der Waals surface area contributed by atoms with Gasteiger partial charge in [-0.25, -0.2) is 0 Å². The van der Waals surface area contributed by atoms with Crippen LogP contribution in [0.25, 0.3) is 25.7 Å². The van der Waals surface area contributed by atoms with Gasteiger partial charge in [0.15, 0.2) is 0 Å². The zero-order chi connectivity index (χ0) is 17.1. The highest BCUT2D eigenvalue weighted by molar-refractivity contribution is 7.26. The quantitative estimate of drug-likeness (QED) is 0.472. The van der Waals surface area contributed by atoms with Crippen molar-refractivity contribution in [2.45, 2.75) is 20.8 Å². The number of allylic oxidation sites excluding steroid dienone is 7. The Morgan fingerprint density at radius 1 is 1.12 bits per heavy atom. The van der Waals surface area contributed by atoms with E-state index >= 15 is 0 Å². The summed E-state index contributed by atoms with van der Waals surface area (Å²) in [5.74, 6) is 0. The molecule has 2 heterocycles. The van der Waals surface area contributed by atoms with E-state index in [0.29, 0.717) is 0 Å². The van der Waals surface area contributed by atoms with Gasteiger partial charge in [-0.1, -0.05) is 49.1 Å². The second-order valence-corrected chi connectivity index (χ2v) is 6.83. The van der Waals surface area contributed by atoms with Crippen molar-refractivity contribution in [3.05, 3.63) is 84.3 Å². The minimum absolute atomic E-state index is 1.06. The van der Waals surface area contributed by atoms with Crippen LogP contribution in [0.1, 0.15) is 26.5 Å². The van der Waals surface area contributed by atoms with Gasteiger partial charge in [0, 0.05) is 27.2 Å². The van der Waals surface area contributed by atoms with Crippen LogP contribution in [-0.4, -0.2) is 4.98 Å². The maximum Gasteiger partial charge on any atom is 0.0885 e. The van der Waals surface area contributed by atoms with Gasteiger partial charge < -0.3 is 0 Å². The zero-order valence-electron chi connectivity index (χ0n) is 14.3. The molecule has 2 heteroatoms. The van der Waals surface area contributed by atoms with Gasteiger partial charge in [0.25, 0.3) is 0 Å². The van der Waals surface area contributed by atoms with Crippen LogP contribution in [0.3, 0.4) is 0 Å². The van der Waals surface area contributed by atoms with Crippen molar-refractivity contribution < 1.29 is 0 Å². The fourth-order valence-electron chi connectivity index (χ4n) is 3.11. The van der Waals surface area contributed by atoms with Crippen LogP contribution in [0.5, 0.6) is 0 Å². The Labute approximate surface area is 147 Å². The van der Waals surface area contributed by atoms with Crippen LogP contribution in [0.2, 0.25) is 0 Å². The molecule has 1 nitrogen and oxygen atoms in total. The molecular formula is C22H21NS. The molecule has 3 aromatic rings. The minimum Gasteiger partial charge on any atom is -0.255 e. The molecule has 2 aromatic heterocycles. The van der Waals surface area contributed by atoms with Crippen molar-refractivity contribution in [3.63, 3.8) is 0 Å². The molecule has 0 amide bonds. The summed E-state index contributed by atoms with van der Waals surface area (Å²) < 4.78 is 2.55. The average molecular weight is 331 g/mol. The van der Waals surface area contributed by atoms with E-state index in [2.05, 4.69) is 69.0 Å². The molecule has 0 aliphatic heterocycles. The van der Waals surface area contributed by atoms with E-state index in [9.17, 15) is 0 Å². The Hall–Kier alpha value is -2.45. The molecule has 0 atom stereocenters. The molecule has 0 N–H and O–H groups in total. The van der Waals surface area contributed by atoms with Crippen LogP contribution in [0.4, 0.5) is 0 Å². The van der Waals surface area contributed by atoms with Gasteiger partial charge >= 0.3 is 0 Å². The molecule has 0 fully saturated rings. The molecule has 0 unspecified atom stereocenters. The van der Waals surface area contributed by atoms with Gasteiger partial charge in [-0.3, -0.25) is 4.98 Å². The lowest BCUT2D eigenvalue weighted by molar-refractivity contribution is 1.29. The molecule has 0 saturated heterocycles. The first kappa shape index (κ1) is 16.4. The summed E-state index contributed by atoms with van der Waals surface area (Å²) >= 11 is 1.81. The minimum atomic E-state index is 1.06. The van der Waals surface area contributed by atoms with Crippen LogP contribution in [0.15, 0.2) is 78.6 Å². The monoisotopic (exact) mass is 331 g/mol. The summed E-state index contributed by atoms with van der Waals surface area (Å²) in [4.78, 5) is 4.75. The zero-order valence-corrected chi connectivity index (χ0v) is 15.2. The Balaban J connectivity index is 2.39. The summed E-state index contributed by atoms with van der Waals surface area (Å²) in [6.45, 7) is 10.2. The third kappa shape index (κ3) is 2.85. The van der Waals surface area contributed by atoms with E-state index < -0.39 is 0 Å². The number of fused-ring (bicyclic) bond motifs is 3. The lowest BCUT2D eigenvalue weighted by Crippen LogP contribution is -1.94. The van der Waals surface area contributed by atoms with Gasteiger partial charge in [-0.15, -0.1) is 11.3 Å². The molecule has 0 bridgehead atoms. The lowest BCUT2D eigenvalue weighted by Gasteiger charge is -2.11. The number of thiophene rings is 1. The molecule has 0 spiro atoms. The standard InChI is InChI=1S/C22H21NS/c1-5-9-15(3)20(16(4)10-6-2)21-22-18(13-14-23-21)17-11-7-8-12-19(17)24-22/h5-14H,1H2,2-4H3. The predicted octanol–water partition coefficient (Wildman–Crippen LogP) is 6.93. The number of hydrogen-bond donors (Lipinski definition) is 0. The summed E-state index contributed by atoms with van der Waals surface area (Å²) in [5.41, 5.74) is 4.63. The van der Waals surface area contributed by atoms with E-state index in [-0.39, 0.29) is 0 Å². The highest BCUT2D eigenvalue weighted by Crippen LogP contribution is 2.39. The summed E-state index contributed by atoms with van der Waals surface area (Å²) in [7, 11) is 0. The summed E-state index contributed by atoms with van der Waals surface area (Å²) in [6.07, 6.45) is 10.0. The maximum atomic E-state index is 4.75. The van der Waals surface area contributed by atoms with E-state index in [1.165, 1.54) is 36.9 Å². The topological polar surface area (TPSA) is 12.9 Å². The SMILES string of the molecule is C=CC=C(C)C(=C(C)C=CC)c1nccc2c1sc1ccccc12. The molecule has 24 heavy (non-hydrogen) atoms. The molecular weight excluding hydrogens is 310 g/mol. The second kappa shape index (κ2) is 6.98. The Bertz CT molecular complexity index is 999. The molecule has 0 saturated carbocycles. The molecule has 3 rings (SSSR count). The number of aromatic nitrogens is 1. The van der Waals surface area contributed by atoms with Crippen molar-refractivity contribution in [1.29, 1.82) is 0 Å². The van der Waals surface area contributed by atoms with Gasteiger partial charge in [0.05, 0.1) is 10.4 Å². The molecule has 0 radical (unpaired) electrons. The number of nitrogens with zero attached hydrogens (tertiary/aromatic N) is 1. The van der Waals surface area contributed by atoms with Crippen molar-refractivity contribution in [3.8, 4) is 0 Å². The highest BCUT2D eigenvalue weighted by Gasteiger charge is 2.15. The molecule has 1 aromatic carbocycles. The summed E-state index contributed by atoms with van der Waals surface area (Å²) in [6, 6.07) is 10.7. The van der Waals surface area contributed by atoms with Gasteiger partial charge in [0.2, 0.25) is 0 Å². The van der Waals surface area contributed by atoms with Crippen molar-refractivity contribution in [1.82, 2.24) is 4.98 Å². The first-order valence-corrected chi connectivity index (χ1v) is 8.89. The van der Waals surface area contributed by atoms with Crippen LogP contribution in [0, 0.1) is 0 Å². The molecule has 0 aliphatic rings. The Kier molecular flexibility index (Phi) is 4.77. The smallest absolute Gasteiger partial charge is 0.0885 e. The van der Waals surface area contributed by atoms with Crippen LogP contribution >= 0.6 is 11.3 Å². The normalized spacial score (nSPS) is 13.7. The second-order valence-electron chi connectivity index (χ2n) is 5.78. The first-order chi connectivity index (χ1) is 11.7. The van der Waals surface area contributed by atoms with Crippen LogP contribution < -0.4 is 0 Å². The Morgan fingerprint density at radius 2 is 1.92 bits per heavy atom. The fourth-order valence-corrected chi connectivity index (χ4v) is 4.30. The van der Waals surface area contributed by atoms with Crippen molar-refractivity contribution in [2.24, 2.45) is 0 Å². The summed E-state index contributed by atoms with van der Waals surface area (Å²) in [5, 5.41) is 2.58. The number of rotatable bonds is 4. The van der Waals surface area contributed by atoms with Gasteiger partial charge in [0.1, 0.15) is 0 Å². The third-order valence-corrected chi connectivity index (χ3v) is 5.30. The Morgan fingerprint density at radius 3 is 2.67 bits per heavy atom. The predicted molar refractivity (Wildman–Crippen MR) is 108 cm³/mol. The maximum absolute atomic E-state index is 4.75. The third-order valence-electron chi connectivity index (χ3n) is 4.10. The lowest BCUT2D eigenvalue weighted by atomic mass is 9.96. The number of hydrogen-bond acceptors (Lipinski definition) is 2. The molecule has 0 aliphatic carbocycles.